The van der Waals surface area contributed by atoms with Crippen molar-refractivity contribution in [3.05, 3.63) is 144 Å². The highest BCUT2D eigenvalue weighted by atomic mass is 33.1. The van der Waals surface area contributed by atoms with Crippen LogP contribution in [0.25, 0.3) is 45.8 Å². The van der Waals surface area contributed by atoms with E-state index in [0.717, 1.165) is 22.1 Å². The second-order valence-corrected chi connectivity index (χ2v) is 21.3. The molecule has 6 rings (SSSR count). The number of benzene rings is 4. The van der Waals surface area contributed by atoms with Crippen molar-refractivity contribution in [3.63, 3.8) is 0 Å². The van der Waals surface area contributed by atoms with Crippen LogP contribution in [0.4, 0.5) is 11.4 Å². The topological polar surface area (TPSA) is 14.2 Å². The molecule has 62 heavy (non-hydrogen) atoms. The number of hydrogen-bond donors (Lipinski definition) is 0. The van der Waals surface area contributed by atoms with Gasteiger partial charge in [-0.2, -0.15) is 0 Å². The predicted octanol–water partition coefficient (Wildman–Crippen LogP) is 10.8. The molecule has 0 spiro atoms. The van der Waals surface area contributed by atoms with Gasteiger partial charge in [0, 0.05) is 70.3 Å². The third-order valence-electron chi connectivity index (χ3n) is 12.0. The van der Waals surface area contributed by atoms with Crippen LogP contribution < -0.4 is 18.9 Å². The van der Waals surface area contributed by atoms with E-state index in [2.05, 4.69) is 243 Å². The van der Waals surface area contributed by atoms with E-state index in [1.54, 1.807) is 0 Å². The van der Waals surface area contributed by atoms with Crippen molar-refractivity contribution in [1.29, 1.82) is 0 Å². The molecule has 6 nitrogen and oxygen atoms in total. The lowest BCUT2D eigenvalue weighted by Crippen LogP contribution is -2.44. The first-order chi connectivity index (χ1) is 29.8. The summed E-state index contributed by atoms with van der Waals surface area (Å²) in [6.07, 6.45) is 22.7. The molecule has 0 aliphatic heterocycles. The van der Waals surface area contributed by atoms with Crippen LogP contribution in [0, 0.1) is 0 Å². The fraction of sp³-hybridized carbons (Fsp3) is 0.370. The fourth-order valence-corrected chi connectivity index (χ4v) is 10.2. The molecule has 0 atom stereocenters. The predicted molar refractivity (Wildman–Crippen MR) is 275 cm³/mol. The minimum absolute atomic E-state index is 1.05. The van der Waals surface area contributed by atoms with Gasteiger partial charge in [0.15, 0.2) is 31.3 Å². The summed E-state index contributed by atoms with van der Waals surface area (Å²) in [6.45, 7) is 7.00. The van der Waals surface area contributed by atoms with Crippen LogP contribution in [0.2, 0.25) is 0 Å². The van der Waals surface area contributed by atoms with Crippen molar-refractivity contribution in [2.45, 2.75) is 38.8 Å². The molecule has 6 aromatic rings. The van der Waals surface area contributed by atoms with E-state index in [1.165, 1.54) is 119 Å². The summed E-state index contributed by atoms with van der Waals surface area (Å²) < 4.78 is 6.83. The number of hydrogen-bond acceptors (Lipinski definition) is 4. The molecule has 0 aliphatic rings. The van der Waals surface area contributed by atoms with Gasteiger partial charge in [0.25, 0.3) is 0 Å². The number of quaternary nitrogens is 2. The second-order valence-electron chi connectivity index (χ2n) is 18.6. The van der Waals surface area contributed by atoms with Crippen LogP contribution in [0.5, 0.6) is 0 Å². The smallest absolute Gasteiger partial charge is 0.169 e. The van der Waals surface area contributed by atoms with Crippen molar-refractivity contribution in [1.82, 2.24) is 0 Å². The Kier molecular flexibility index (Phi) is 17.1. The molecule has 0 saturated carbocycles. The Labute approximate surface area is 381 Å². The van der Waals surface area contributed by atoms with Gasteiger partial charge in [-0.3, -0.25) is 0 Å². The van der Waals surface area contributed by atoms with Crippen LogP contribution in [0.1, 0.15) is 47.9 Å². The third-order valence-corrected chi connectivity index (χ3v) is 14.4. The number of pyridine rings is 2. The summed E-state index contributed by atoms with van der Waals surface area (Å²) in [5.41, 5.74) is 7.37. The number of aromatic nitrogens is 2. The van der Waals surface area contributed by atoms with Gasteiger partial charge in [0.2, 0.25) is 0 Å². The number of fused-ring (bicyclic) bond motifs is 2. The summed E-state index contributed by atoms with van der Waals surface area (Å²) >= 11 is 0. The highest BCUT2D eigenvalue weighted by Crippen LogP contribution is 2.25. The molecular formula is C54H72N6S2+4. The summed E-state index contributed by atoms with van der Waals surface area (Å²) in [7, 11) is 22.0. The lowest BCUT2D eigenvalue weighted by Gasteiger charge is -2.30. The highest BCUT2D eigenvalue weighted by molar-refractivity contribution is 8.76. The number of rotatable bonds is 23. The number of unbranched alkanes of at least 4 members (excludes halogenated alkanes) is 2. The monoisotopic (exact) mass is 869 g/mol. The van der Waals surface area contributed by atoms with E-state index in [9.17, 15) is 0 Å². The quantitative estimate of drug-likeness (QED) is 0.0276. The molecule has 0 amide bonds. The van der Waals surface area contributed by atoms with E-state index in [0.29, 0.717) is 0 Å². The standard InChI is InChI=1S/C54H72N6S2/c1-55(2)53-23-21-49-41-47(17-19-51(49)43-53)15-13-45-25-31-57(32-26-45)29-10-9-11-35-59(5,6)37-39-61-62-40-38-60(7,8)36-12-30-58-33-27-46(28-34-58)14-16-48-18-20-52-44-54(56(3)4)24-22-50(52)42-48/h13-28,31-34,41-44H,9-12,29-30,35-40H2,1-8H3/q+4. The minimum Gasteiger partial charge on any atom is -0.378 e. The summed E-state index contributed by atoms with van der Waals surface area (Å²) in [4.78, 5) is 4.29. The number of nitrogens with zero attached hydrogens (tertiary/aromatic N) is 6. The lowest BCUT2D eigenvalue weighted by atomic mass is 10.1. The van der Waals surface area contributed by atoms with Gasteiger partial charge in [0.1, 0.15) is 6.54 Å². The molecule has 0 radical (unpaired) electrons. The molecule has 0 aliphatic carbocycles. The molecule has 326 valence electrons. The van der Waals surface area contributed by atoms with Crippen molar-refractivity contribution < 1.29 is 18.1 Å². The molecule has 4 aromatic carbocycles. The van der Waals surface area contributed by atoms with Crippen molar-refractivity contribution in [2.24, 2.45) is 0 Å². The first kappa shape index (κ1) is 46.9. The fourth-order valence-electron chi connectivity index (χ4n) is 7.71. The Hall–Kier alpha value is -4.60. The molecule has 0 fully saturated rings. The molecule has 2 heterocycles. The van der Waals surface area contributed by atoms with Crippen LogP contribution in [0.15, 0.2) is 122 Å². The lowest BCUT2D eigenvalue weighted by molar-refractivity contribution is -0.890. The number of anilines is 2. The largest absolute Gasteiger partial charge is 0.378 e. The van der Waals surface area contributed by atoms with Crippen molar-refractivity contribution in [2.75, 3.05) is 104 Å². The molecule has 8 heteroatoms. The Morgan fingerprint density at radius 2 is 0.806 bits per heavy atom. The van der Waals surface area contributed by atoms with E-state index in [4.69, 9.17) is 0 Å². The van der Waals surface area contributed by atoms with Crippen LogP contribution >= 0.6 is 21.6 Å². The normalized spacial score (nSPS) is 12.3. The first-order valence-corrected chi connectivity index (χ1v) is 24.9. The van der Waals surface area contributed by atoms with Gasteiger partial charge < -0.3 is 18.8 Å². The zero-order valence-corrected chi connectivity index (χ0v) is 40.5. The summed E-state index contributed by atoms with van der Waals surface area (Å²) in [5, 5.41) is 5.10. The van der Waals surface area contributed by atoms with E-state index in [1.807, 2.05) is 0 Å². The van der Waals surface area contributed by atoms with Crippen LogP contribution in [-0.4, -0.2) is 103 Å². The zero-order valence-electron chi connectivity index (χ0n) is 38.8. The van der Waals surface area contributed by atoms with Crippen molar-refractivity contribution in [3.8, 4) is 0 Å². The van der Waals surface area contributed by atoms with Crippen molar-refractivity contribution >= 4 is 78.8 Å². The van der Waals surface area contributed by atoms with Gasteiger partial charge in [-0.25, -0.2) is 9.13 Å². The summed E-state index contributed by atoms with van der Waals surface area (Å²) in [6, 6.07) is 35.6. The van der Waals surface area contributed by atoms with Gasteiger partial charge in [0.05, 0.1) is 72.3 Å². The third kappa shape index (κ3) is 15.0. The molecule has 0 saturated heterocycles. The van der Waals surface area contributed by atoms with Gasteiger partial charge in [-0.1, -0.05) is 82.3 Å². The Morgan fingerprint density at radius 1 is 0.419 bits per heavy atom. The Bertz CT molecular complexity index is 2380. The SMILES string of the molecule is CN(C)c1ccc2cc(C=Cc3cc[n+](CCCCC[N+](C)(C)CCSSCC[N+](C)(C)CCC[n+]4ccc(C=Cc5ccc6cc(N(C)C)ccc6c5)cc4)cc3)ccc2c1. The number of aryl methyl sites for hydroxylation is 2. The van der Waals surface area contributed by atoms with E-state index < -0.39 is 0 Å². The van der Waals surface area contributed by atoms with Gasteiger partial charge >= 0.3 is 0 Å². The first-order valence-electron chi connectivity index (χ1n) is 22.5. The average Bonchev–Trinajstić information content (AvgIpc) is 3.26. The minimum atomic E-state index is 1.05. The molecule has 0 unspecified atom stereocenters. The maximum atomic E-state index is 2.40. The van der Waals surface area contributed by atoms with E-state index in [-0.39, 0.29) is 0 Å². The molecule has 0 N–H and O–H groups in total. The molecule has 0 bridgehead atoms. The highest BCUT2D eigenvalue weighted by Gasteiger charge is 2.17. The Morgan fingerprint density at radius 3 is 1.26 bits per heavy atom. The van der Waals surface area contributed by atoms with E-state index >= 15 is 0 Å². The zero-order chi connectivity index (χ0) is 44.0. The summed E-state index contributed by atoms with van der Waals surface area (Å²) in [5.74, 6) is 2.41. The Balaban J connectivity index is 0.793. The average molecular weight is 869 g/mol. The van der Waals surface area contributed by atoms with Gasteiger partial charge in [-0.05, 0) is 93.0 Å². The van der Waals surface area contributed by atoms with Crippen LogP contribution in [0.3, 0.4) is 0 Å². The second kappa shape index (κ2) is 22.7. The maximum Gasteiger partial charge on any atom is 0.169 e. The molecule has 2 aromatic heterocycles. The van der Waals surface area contributed by atoms with Crippen LogP contribution in [-0.2, 0) is 13.1 Å². The molecular weight excluding hydrogens is 797 g/mol. The maximum absolute atomic E-state index is 2.40. The van der Waals surface area contributed by atoms with Gasteiger partial charge in [-0.15, -0.1) is 0 Å².